The topological polar surface area (TPSA) is 67.4 Å². The van der Waals surface area contributed by atoms with E-state index in [2.05, 4.69) is 10.4 Å². The highest BCUT2D eigenvalue weighted by atomic mass is 32.7. The summed E-state index contributed by atoms with van der Waals surface area (Å²) in [6.45, 7) is 2.95. The third-order valence-electron chi connectivity index (χ3n) is 3.12. The first-order valence-corrected chi connectivity index (χ1v) is 10.1. The van der Waals surface area contributed by atoms with Crippen LogP contribution in [0.4, 0.5) is 4.79 Å². The molecule has 19 heavy (non-hydrogen) atoms. The highest BCUT2D eigenvalue weighted by Crippen LogP contribution is 2.58. The Morgan fingerprint density at radius 3 is 2.58 bits per heavy atom. The summed E-state index contributed by atoms with van der Waals surface area (Å²) >= 11 is 1.22. The van der Waals surface area contributed by atoms with Gasteiger partial charge in [0.05, 0.1) is 6.61 Å². The molecule has 1 fully saturated rings. The molecule has 1 aliphatic rings. The smallest absolute Gasteiger partial charge is 0.335 e. The number of hydrogen-bond acceptors (Lipinski definition) is 4. The Labute approximate surface area is 119 Å². The molecule has 0 aliphatic heterocycles. The molecule has 1 rings (SSSR count). The number of hydrogen-bond donors (Lipinski definition) is 2. The fourth-order valence-electron chi connectivity index (χ4n) is 1.98. The fraction of sp³-hybridized carbons (Fsp3) is 0.917. The monoisotopic (exact) mass is 308 g/mol. The minimum atomic E-state index is -3.15. The van der Waals surface area contributed by atoms with E-state index in [4.69, 9.17) is 4.52 Å². The number of urea groups is 1. The summed E-state index contributed by atoms with van der Waals surface area (Å²) in [6, 6.07) is -0.164. The van der Waals surface area contributed by atoms with E-state index in [9.17, 15) is 9.36 Å². The average molecular weight is 308 g/mol. The zero-order chi connectivity index (χ0) is 14.3. The third-order valence-corrected chi connectivity index (χ3v) is 7.67. The summed E-state index contributed by atoms with van der Waals surface area (Å²) in [5.74, 6) is 0. The molecule has 2 atom stereocenters. The third kappa shape index (κ3) is 6.19. The Balaban J connectivity index is 2.50. The standard InChI is InChI=1S/C12H25N2O3PS/c1-4-10(3)19-18(16,17-5-2)14-12(15)13-11-8-6-7-9-11/h10-11H,4-9H2,1-3H3,(H2,13,14,15,16). The Morgan fingerprint density at radius 1 is 1.42 bits per heavy atom. The first-order chi connectivity index (χ1) is 8.99. The van der Waals surface area contributed by atoms with Crippen molar-refractivity contribution in [2.75, 3.05) is 6.61 Å². The van der Waals surface area contributed by atoms with Gasteiger partial charge in [0, 0.05) is 11.3 Å². The van der Waals surface area contributed by atoms with Gasteiger partial charge in [-0.1, -0.05) is 26.7 Å². The minimum absolute atomic E-state index is 0.184. The number of carbonyl (C=O) groups is 1. The van der Waals surface area contributed by atoms with Gasteiger partial charge in [0.1, 0.15) is 0 Å². The summed E-state index contributed by atoms with van der Waals surface area (Å²) < 4.78 is 17.8. The van der Waals surface area contributed by atoms with Crippen LogP contribution in [0.1, 0.15) is 52.9 Å². The van der Waals surface area contributed by atoms with E-state index in [0.29, 0.717) is 6.61 Å². The van der Waals surface area contributed by atoms with Gasteiger partial charge in [-0.3, -0.25) is 9.65 Å². The van der Waals surface area contributed by atoms with E-state index in [0.717, 1.165) is 32.1 Å². The lowest BCUT2D eigenvalue weighted by molar-refractivity contribution is 0.240. The highest BCUT2D eigenvalue weighted by molar-refractivity contribution is 8.56. The van der Waals surface area contributed by atoms with Crippen LogP contribution in [-0.4, -0.2) is 23.9 Å². The summed E-state index contributed by atoms with van der Waals surface area (Å²) in [5, 5.41) is 5.59. The largest absolute Gasteiger partial charge is 0.354 e. The summed E-state index contributed by atoms with van der Waals surface area (Å²) in [4.78, 5) is 11.9. The molecule has 2 unspecified atom stereocenters. The van der Waals surface area contributed by atoms with Crippen molar-refractivity contribution in [3.05, 3.63) is 0 Å². The average Bonchev–Trinajstić information content (AvgIpc) is 2.81. The van der Waals surface area contributed by atoms with Crippen LogP contribution >= 0.6 is 18.1 Å². The Bertz CT molecular complexity index is 335. The van der Waals surface area contributed by atoms with Crippen molar-refractivity contribution in [1.29, 1.82) is 0 Å². The van der Waals surface area contributed by atoms with Gasteiger partial charge in [-0.25, -0.2) is 4.79 Å². The Kier molecular flexibility index (Phi) is 7.26. The maximum atomic E-state index is 12.5. The van der Waals surface area contributed by atoms with Crippen molar-refractivity contribution in [3.63, 3.8) is 0 Å². The quantitative estimate of drug-likeness (QED) is 0.700. The molecule has 0 aromatic heterocycles. The summed E-state index contributed by atoms with van der Waals surface area (Å²) in [6.07, 6.45) is 5.19. The van der Waals surface area contributed by atoms with Crippen LogP contribution in [0.25, 0.3) is 0 Å². The second-order valence-corrected chi connectivity index (χ2v) is 9.37. The van der Waals surface area contributed by atoms with Gasteiger partial charge in [-0.15, -0.1) is 0 Å². The van der Waals surface area contributed by atoms with Gasteiger partial charge in [-0.2, -0.15) is 0 Å². The van der Waals surface area contributed by atoms with E-state index in [1.165, 1.54) is 11.4 Å². The second kappa shape index (κ2) is 8.18. The van der Waals surface area contributed by atoms with Crippen LogP contribution in [-0.2, 0) is 9.09 Å². The molecule has 2 N–H and O–H groups in total. The van der Waals surface area contributed by atoms with E-state index in [1.54, 1.807) is 6.92 Å². The van der Waals surface area contributed by atoms with Crippen LogP contribution in [0.15, 0.2) is 0 Å². The van der Waals surface area contributed by atoms with Gasteiger partial charge in [0.25, 0.3) is 0 Å². The van der Waals surface area contributed by atoms with Crippen molar-refractivity contribution in [3.8, 4) is 0 Å². The van der Waals surface area contributed by atoms with Crippen LogP contribution in [0.5, 0.6) is 0 Å². The number of carbonyl (C=O) groups excluding carboxylic acids is 1. The van der Waals surface area contributed by atoms with E-state index in [-0.39, 0.29) is 17.3 Å². The summed E-state index contributed by atoms with van der Waals surface area (Å²) in [7, 11) is 0. The molecule has 0 aromatic rings. The molecule has 0 aromatic carbocycles. The number of rotatable bonds is 7. The Hall–Kier alpha value is -0.190. The van der Waals surface area contributed by atoms with Crippen LogP contribution in [0.2, 0.25) is 0 Å². The molecule has 0 saturated heterocycles. The molecule has 5 nitrogen and oxygen atoms in total. The van der Waals surface area contributed by atoms with E-state index in [1.807, 2.05) is 13.8 Å². The van der Waals surface area contributed by atoms with Crippen LogP contribution in [0.3, 0.4) is 0 Å². The van der Waals surface area contributed by atoms with Crippen molar-refractivity contribution in [2.24, 2.45) is 0 Å². The van der Waals surface area contributed by atoms with Crippen molar-refractivity contribution in [1.82, 2.24) is 10.4 Å². The van der Waals surface area contributed by atoms with E-state index >= 15 is 0 Å². The van der Waals surface area contributed by atoms with E-state index < -0.39 is 6.72 Å². The maximum Gasteiger partial charge on any atom is 0.354 e. The highest BCUT2D eigenvalue weighted by Gasteiger charge is 2.29. The molecule has 0 heterocycles. The molecule has 0 bridgehead atoms. The SMILES string of the molecule is CCOP(=O)(NC(=O)NC1CCCC1)SC(C)CC. The lowest BCUT2D eigenvalue weighted by atomic mass is 10.3. The van der Waals surface area contributed by atoms with Gasteiger partial charge in [0.2, 0.25) is 0 Å². The molecule has 2 amide bonds. The van der Waals surface area contributed by atoms with Gasteiger partial charge in [-0.05, 0) is 37.6 Å². The molecular formula is C12H25N2O3PS. The molecule has 1 aliphatic carbocycles. The second-order valence-electron chi connectivity index (χ2n) is 4.81. The number of amides is 2. The molecule has 112 valence electrons. The number of nitrogens with one attached hydrogen (secondary N) is 2. The lowest BCUT2D eigenvalue weighted by Gasteiger charge is -2.22. The normalized spacial score (nSPS) is 20.8. The lowest BCUT2D eigenvalue weighted by Crippen LogP contribution is -2.39. The first-order valence-electron chi connectivity index (χ1n) is 7.00. The predicted molar refractivity (Wildman–Crippen MR) is 80.5 cm³/mol. The summed E-state index contributed by atoms with van der Waals surface area (Å²) in [5.41, 5.74) is 0. The molecular weight excluding hydrogens is 283 g/mol. The molecule has 7 heteroatoms. The van der Waals surface area contributed by atoms with Crippen molar-refractivity contribution >= 4 is 24.1 Å². The van der Waals surface area contributed by atoms with Crippen LogP contribution < -0.4 is 10.4 Å². The van der Waals surface area contributed by atoms with Gasteiger partial charge >= 0.3 is 12.8 Å². The molecule has 0 radical (unpaired) electrons. The van der Waals surface area contributed by atoms with Crippen molar-refractivity contribution in [2.45, 2.75) is 64.2 Å². The zero-order valence-electron chi connectivity index (χ0n) is 12.0. The van der Waals surface area contributed by atoms with Crippen molar-refractivity contribution < 1.29 is 13.9 Å². The molecule has 0 spiro atoms. The maximum absolute atomic E-state index is 12.5. The van der Waals surface area contributed by atoms with Gasteiger partial charge in [0.15, 0.2) is 0 Å². The zero-order valence-corrected chi connectivity index (χ0v) is 13.7. The van der Waals surface area contributed by atoms with Gasteiger partial charge < -0.3 is 9.84 Å². The molecule has 1 saturated carbocycles. The minimum Gasteiger partial charge on any atom is -0.335 e. The fourth-order valence-corrected chi connectivity index (χ4v) is 6.21. The van der Waals surface area contributed by atoms with Crippen LogP contribution in [0, 0.1) is 0 Å². The first kappa shape index (κ1) is 16.9. The Morgan fingerprint density at radius 2 is 2.05 bits per heavy atom. The predicted octanol–water partition coefficient (Wildman–Crippen LogP) is 3.90.